The molecule has 4 N–H and O–H groups in total. The van der Waals surface area contributed by atoms with Gasteiger partial charge in [0.1, 0.15) is 0 Å². The van der Waals surface area contributed by atoms with E-state index in [0.29, 0.717) is 17.1 Å². The van der Waals surface area contributed by atoms with Gasteiger partial charge in [-0.15, -0.1) is 0 Å². The highest BCUT2D eigenvalue weighted by Gasteiger charge is 2.12. The third kappa shape index (κ3) is 6.16. The third-order valence-electron chi connectivity index (χ3n) is 5.97. The van der Waals surface area contributed by atoms with Gasteiger partial charge in [0.25, 0.3) is 0 Å². The van der Waals surface area contributed by atoms with Crippen LogP contribution in [0.2, 0.25) is 0 Å². The SMILES string of the molecule is CN(C)c1ccc(C(=O)Cc2ccc(C(=O)Cc3ccc4nc(NCC(O)CO)[nH]c4c3)cc2)cc1. The fourth-order valence-electron chi connectivity index (χ4n) is 3.86. The largest absolute Gasteiger partial charge is 0.394 e. The standard InChI is InChI=1S/C28H30N4O4/c1-32(2)22-10-8-21(9-11-22)26(35)14-18-3-6-20(7-4-18)27(36)15-19-5-12-24-25(13-19)31-28(30-24)29-16-23(34)17-33/h3-13,23,33-34H,14-17H2,1-2H3,(H2,29,30,31). The first-order chi connectivity index (χ1) is 17.3. The van der Waals surface area contributed by atoms with Crippen LogP contribution in [0, 0.1) is 0 Å². The van der Waals surface area contributed by atoms with E-state index in [0.717, 1.165) is 27.8 Å². The van der Waals surface area contributed by atoms with Crippen LogP contribution in [0.5, 0.6) is 0 Å². The number of Topliss-reactive ketones (excluding diaryl/α,β-unsaturated/α-hetero) is 2. The molecule has 3 aromatic carbocycles. The zero-order valence-electron chi connectivity index (χ0n) is 20.4. The van der Waals surface area contributed by atoms with Crippen LogP contribution >= 0.6 is 0 Å². The number of hydrogen-bond donors (Lipinski definition) is 4. The lowest BCUT2D eigenvalue weighted by atomic mass is 9.98. The van der Waals surface area contributed by atoms with Crippen molar-refractivity contribution in [3.05, 3.63) is 89.0 Å². The average Bonchev–Trinajstić information content (AvgIpc) is 3.30. The number of carbonyl (C=O) groups is 2. The lowest BCUT2D eigenvalue weighted by Crippen LogP contribution is -2.23. The van der Waals surface area contributed by atoms with Crippen LogP contribution in [-0.4, -0.2) is 65.1 Å². The Hall–Kier alpha value is -4.01. The molecule has 0 bridgehead atoms. The molecule has 8 nitrogen and oxygen atoms in total. The van der Waals surface area contributed by atoms with E-state index in [2.05, 4.69) is 15.3 Å². The number of aromatic amines is 1. The van der Waals surface area contributed by atoms with Gasteiger partial charge in [0.05, 0.1) is 23.7 Å². The van der Waals surface area contributed by atoms with Gasteiger partial charge in [0, 0.05) is 50.3 Å². The quantitative estimate of drug-likeness (QED) is 0.240. The lowest BCUT2D eigenvalue weighted by molar-refractivity contribution is 0.0986. The number of aliphatic hydroxyl groups is 2. The second kappa shape index (κ2) is 11.2. The van der Waals surface area contributed by atoms with Gasteiger partial charge in [-0.3, -0.25) is 9.59 Å². The maximum Gasteiger partial charge on any atom is 0.201 e. The fraction of sp³-hybridized carbons (Fsp3) is 0.250. The number of carbonyl (C=O) groups excluding carboxylic acids is 2. The van der Waals surface area contributed by atoms with Crippen molar-refractivity contribution >= 4 is 34.2 Å². The predicted molar refractivity (Wildman–Crippen MR) is 141 cm³/mol. The van der Waals surface area contributed by atoms with Gasteiger partial charge < -0.3 is 25.4 Å². The maximum atomic E-state index is 12.8. The van der Waals surface area contributed by atoms with Crippen molar-refractivity contribution in [3.63, 3.8) is 0 Å². The first-order valence-electron chi connectivity index (χ1n) is 11.8. The van der Waals surface area contributed by atoms with E-state index in [1.165, 1.54) is 0 Å². The monoisotopic (exact) mass is 486 g/mol. The molecule has 4 aromatic rings. The van der Waals surface area contributed by atoms with Crippen LogP contribution in [0.1, 0.15) is 31.8 Å². The number of aromatic nitrogens is 2. The second-order valence-electron chi connectivity index (χ2n) is 8.99. The van der Waals surface area contributed by atoms with Crippen molar-refractivity contribution in [2.24, 2.45) is 0 Å². The number of H-pyrrole nitrogens is 1. The number of hydrogen-bond acceptors (Lipinski definition) is 7. The molecule has 1 unspecified atom stereocenters. The van der Waals surface area contributed by atoms with Crippen molar-refractivity contribution in [2.45, 2.75) is 18.9 Å². The summed E-state index contributed by atoms with van der Waals surface area (Å²) in [6, 6.07) is 20.3. The lowest BCUT2D eigenvalue weighted by Gasteiger charge is -2.12. The average molecular weight is 487 g/mol. The van der Waals surface area contributed by atoms with Crippen LogP contribution in [-0.2, 0) is 12.8 Å². The van der Waals surface area contributed by atoms with Crippen molar-refractivity contribution < 1.29 is 19.8 Å². The summed E-state index contributed by atoms with van der Waals surface area (Å²) in [4.78, 5) is 35.0. The highest BCUT2D eigenvalue weighted by atomic mass is 16.3. The minimum atomic E-state index is -0.870. The van der Waals surface area contributed by atoms with Crippen LogP contribution in [0.15, 0.2) is 66.7 Å². The highest BCUT2D eigenvalue weighted by Crippen LogP contribution is 2.19. The maximum absolute atomic E-state index is 12.8. The molecule has 0 fully saturated rings. The summed E-state index contributed by atoms with van der Waals surface area (Å²) in [6.07, 6.45) is -0.361. The molecule has 0 radical (unpaired) electrons. The van der Waals surface area contributed by atoms with E-state index in [-0.39, 0.29) is 37.6 Å². The van der Waals surface area contributed by atoms with Crippen LogP contribution in [0.4, 0.5) is 11.6 Å². The molecule has 0 aliphatic rings. The normalized spacial score (nSPS) is 11.9. The first-order valence-corrected chi connectivity index (χ1v) is 11.8. The van der Waals surface area contributed by atoms with Gasteiger partial charge in [-0.2, -0.15) is 0 Å². The molecule has 4 rings (SSSR count). The summed E-state index contributed by atoms with van der Waals surface area (Å²) < 4.78 is 0. The molecule has 1 heterocycles. The minimum absolute atomic E-state index is 0.0181. The molecular formula is C28H30N4O4. The van der Waals surface area contributed by atoms with E-state index in [4.69, 9.17) is 5.11 Å². The highest BCUT2D eigenvalue weighted by molar-refractivity contribution is 5.99. The summed E-state index contributed by atoms with van der Waals surface area (Å²) in [6.45, 7) is -0.159. The summed E-state index contributed by atoms with van der Waals surface area (Å²) in [5.74, 6) is 0.502. The molecule has 0 spiro atoms. The zero-order valence-corrected chi connectivity index (χ0v) is 20.4. The number of benzene rings is 3. The first kappa shape index (κ1) is 25.1. The molecule has 186 valence electrons. The fourth-order valence-corrected chi connectivity index (χ4v) is 3.86. The predicted octanol–water partition coefficient (Wildman–Crippen LogP) is 3.24. The van der Waals surface area contributed by atoms with E-state index in [1.54, 1.807) is 12.1 Å². The molecule has 0 saturated heterocycles. The van der Waals surface area contributed by atoms with Gasteiger partial charge in [0.2, 0.25) is 5.95 Å². The topological polar surface area (TPSA) is 119 Å². The van der Waals surface area contributed by atoms with E-state index < -0.39 is 6.10 Å². The number of imidazole rings is 1. The Balaban J connectivity index is 1.36. The second-order valence-corrected chi connectivity index (χ2v) is 8.99. The smallest absolute Gasteiger partial charge is 0.201 e. The number of aliphatic hydroxyl groups excluding tert-OH is 2. The van der Waals surface area contributed by atoms with E-state index >= 15 is 0 Å². The van der Waals surface area contributed by atoms with Crippen molar-refractivity contribution in [2.75, 3.05) is 37.5 Å². The number of fused-ring (bicyclic) bond motifs is 1. The minimum Gasteiger partial charge on any atom is -0.394 e. The molecule has 1 atom stereocenters. The van der Waals surface area contributed by atoms with Crippen molar-refractivity contribution in [1.29, 1.82) is 0 Å². The Morgan fingerprint density at radius 3 is 2.11 bits per heavy atom. The van der Waals surface area contributed by atoms with E-state index in [1.807, 2.05) is 73.6 Å². The third-order valence-corrected chi connectivity index (χ3v) is 5.97. The Morgan fingerprint density at radius 1 is 0.917 bits per heavy atom. The van der Waals surface area contributed by atoms with Gasteiger partial charge >= 0.3 is 0 Å². The number of anilines is 2. The van der Waals surface area contributed by atoms with E-state index in [9.17, 15) is 14.7 Å². The molecule has 0 aliphatic carbocycles. The Labute approximate surface area is 209 Å². The molecular weight excluding hydrogens is 456 g/mol. The number of nitrogens with zero attached hydrogens (tertiary/aromatic N) is 2. The Kier molecular flexibility index (Phi) is 7.77. The zero-order chi connectivity index (χ0) is 25.7. The summed E-state index contributed by atoms with van der Waals surface area (Å²) in [5, 5.41) is 21.3. The summed E-state index contributed by atoms with van der Waals surface area (Å²) >= 11 is 0. The van der Waals surface area contributed by atoms with Crippen molar-refractivity contribution in [1.82, 2.24) is 9.97 Å². The Morgan fingerprint density at radius 2 is 1.50 bits per heavy atom. The number of rotatable bonds is 11. The molecule has 36 heavy (non-hydrogen) atoms. The number of nitrogens with one attached hydrogen (secondary N) is 2. The van der Waals surface area contributed by atoms with Crippen molar-refractivity contribution in [3.8, 4) is 0 Å². The summed E-state index contributed by atoms with van der Waals surface area (Å²) in [5.41, 5.74) is 5.50. The van der Waals surface area contributed by atoms with Gasteiger partial charge in [0.15, 0.2) is 11.6 Å². The molecule has 0 aliphatic heterocycles. The molecule has 0 saturated carbocycles. The van der Waals surface area contributed by atoms with Gasteiger partial charge in [-0.05, 0) is 47.5 Å². The van der Waals surface area contributed by atoms with Crippen LogP contribution in [0.25, 0.3) is 11.0 Å². The Bertz CT molecular complexity index is 1340. The van der Waals surface area contributed by atoms with Gasteiger partial charge in [-0.25, -0.2) is 4.98 Å². The van der Waals surface area contributed by atoms with Crippen LogP contribution < -0.4 is 10.2 Å². The van der Waals surface area contributed by atoms with Gasteiger partial charge in [-0.1, -0.05) is 30.3 Å². The summed E-state index contributed by atoms with van der Waals surface area (Å²) in [7, 11) is 3.91. The molecule has 8 heteroatoms. The number of ketones is 2. The molecule has 0 amide bonds. The molecule has 1 aromatic heterocycles. The van der Waals surface area contributed by atoms with Crippen LogP contribution in [0.3, 0.4) is 0 Å².